The molecule has 2 saturated heterocycles. The average molecular weight is 305 g/mol. The Labute approximate surface area is 130 Å². The largest absolute Gasteiger partial charge is 0.508 e. The molecule has 0 aliphatic carbocycles. The molecule has 2 atom stereocenters. The Kier molecular flexibility index (Phi) is 4.36. The van der Waals surface area contributed by atoms with Crippen molar-refractivity contribution < 1.29 is 19.4 Å². The predicted molar refractivity (Wildman–Crippen MR) is 81.9 cm³/mol. The number of hydrogen-bond acceptors (Lipinski definition) is 4. The molecule has 3 rings (SSSR count). The first-order valence-electron chi connectivity index (χ1n) is 7.83. The first-order valence-corrected chi connectivity index (χ1v) is 7.83. The smallest absolute Gasteiger partial charge is 0.253 e. The van der Waals surface area contributed by atoms with Gasteiger partial charge in [-0.1, -0.05) is 0 Å². The molecular weight excluding hydrogens is 282 g/mol. The van der Waals surface area contributed by atoms with Crippen LogP contribution in [0.25, 0.3) is 0 Å². The van der Waals surface area contributed by atoms with Crippen molar-refractivity contribution in [2.75, 3.05) is 33.4 Å². The van der Waals surface area contributed by atoms with Crippen LogP contribution >= 0.6 is 0 Å². The Morgan fingerprint density at radius 2 is 2.23 bits per heavy atom. The van der Waals surface area contributed by atoms with Crippen LogP contribution in [-0.4, -0.2) is 54.9 Å². The summed E-state index contributed by atoms with van der Waals surface area (Å²) in [5.74, 6) is 0.721. The lowest BCUT2D eigenvalue weighted by molar-refractivity contribution is 0.0113. The van der Waals surface area contributed by atoms with Crippen molar-refractivity contribution in [2.24, 2.45) is 5.92 Å². The molecule has 120 valence electrons. The number of hydrogen-bond donors (Lipinski definition) is 1. The zero-order chi connectivity index (χ0) is 15.6. The van der Waals surface area contributed by atoms with E-state index >= 15 is 0 Å². The number of ether oxygens (including phenoxy) is 2. The van der Waals surface area contributed by atoms with Crippen LogP contribution in [0.15, 0.2) is 24.3 Å². The number of aromatic hydroxyl groups is 1. The van der Waals surface area contributed by atoms with Gasteiger partial charge >= 0.3 is 0 Å². The highest BCUT2D eigenvalue weighted by Crippen LogP contribution is 2.39. The number of phenols is 1. The first-order chi connectivity index (χ1) is 10.6. The van der Waals surface area contributed by atoms with Crippen LogP contribution in [0, 0.1) is 5.92 Å². The molecule has 1 N–H and O–H groups in total. The summed E-state index contributed by atoms with van der Waals surface area (Å²) in [5.41, 5.74) is 0.453. The van der Waals surface area contributed by atoms with Crippen molar-refractivity contribution >= 4 is 5.91 Å². The number of carbonyl (C=O) groups excluding carboxylic acids is 1. The zero-order valence-corrected chi connectivity index (χ0v) is 13.0. The van der Waals surface area contributed by atoms with E-state index in [1.54, 1.807) is 31.4 Å². The van der Waals surface area contributed by atoms with E-state index in [4.69, 9.17) is 9.47 Å². The van der Waals surface area contributed by atoms with Crippen molar-refractivity contribution in [1.82, 2.24) is 4.90 Å². The number of phenolic OH excluding ortho intramolecular Hbond substituents is 1. The fraction of sp³-hybridized carbons (Fsp3) is 0.588. The summed E-state index contributed by atoms with van der Waals surface area (Å²) in [7, 11) is 1.72. The summed E-state index contributed by atoms with van der Waals surface area (Å²) in [5, 5.41) is 9.32. The summed E-state index contributed by atoms with van der Waals surface area (Å²) in [6.07, 6.45) is 2.93. The third-order valence-electron chi connectivity index (χ3n) is 4.73. The highest BCUT2D eigenvalue weighted by Gasteiger charge is 2.46. The van der Waals surface area contributed by atoms with Gasteiger partial charge in [0.25, 0.3) is 5.91 Å². The van der Waals surface area contributed by atoms with Crippen LogP contribution in [0.2, 0.25) is 0 Å². The van der Waals surface area contributed by atoms with Gasteiger partial charge in [0.2, 0.25) is 0 Å². The Balaban J connectivity index is 1.60. The maximum Gasteiger partial charge on any atom is 0.253 e. The minimum atomic E-state index is -0.162. The van der Waals surface area contributed by atoms with Gasteiger partial charge in [-0.15, -0.1) is 0 Å². The van der Waals surface area contributed by atoms with Crippen molar-refractivity contribution in [3.8, 4) is 5.75 Å². The fourth-order valence-corrected chi connectivity index (χ4v) is 3.50. The van der Waals surface area contributed by atoms with Gasteiger partial charge in [0.1, 0.15) is 5.75 Å². The van der Waals surface area contributed by atoms with E-state index in [1.807, 2.05) is 4.90 Å². The standard InChI is InChI=1S/C17H23NO4/c1-21-9-6-13-10-17(22-11-13)7-8-18(12-17)16(20)14-2-4-15(19)5-3-14/h2-5,13,19H,6-12H2,1H3/t13-,17+/m0/s1. The molecule has 0 radical (unpaired) electrons. The van der Waals surface area contributed by atoms with Gasteiger partial charge in [-0.25, -0.2) is 0 Å². The second kappa shape index (κ2) is 6.26. The van der Waals surface area contributed by atoms with Crippen LogP contribution < -0.4 is 0 Å². The van der Waals surface area contributed by atoms with Gasteiger partial charge < -0.3 is 19.5 Å². The van der Waals surface area contributed by atoms with E-state index in [2.05, 4.69) is 0 Å². The normalized spacial score (nSPS) is 27.7. The van der Waals surface area contributed by atoms with Gasteiger partial charge in [0.15, 0.2) is 0 Å². The van der Waals surface area contributed by atoms with Crippen molar-refractivity contribution in [2.45, 2.75) is 24.9 Å². The van der Waals surface area contributed by atoms with Gasteiger partial charge in [-0.3, -0.25) is 4.79 Å². The number of carbonyl (C=O) groups is 1. The van der Waals surface area contributed by atoms with E-state index in [-0.39, 0.29) is 17.3 Å². The summed E-state index contributed by atoms with van der Waals surface area (Å²) < 4.78 is 11.2. The number of rotatable bonds is 4. The van der Waals surface area contributed by atoms with Gasteiger partial charge in [-0.2, -0.15) is 0 Å². The monoisotopic (exact) mass is 305 g/mol. The Morgan fingerprint density at radius 1 is 1.45 bits per heavy atom. The molecule has 1 aromatic carbocycles. The van der Waals surface area contributed by atoms with Crippen molar-refractivity contribution in [3.05, 3.63) is 29.8 Å². The lowest BCUT2D eigenvalue weighted by atomic mass is 9.92. The molecule has 0 bridgehead atoms. The fourth-order valence-electron chi connectivity index (χ4n) is 3.50. The number of benzene rings is 1. The summed E-state index contributed by atoms with van der Waals surface area (Å²) >= 11 is 0. The van der Waals surface area contributed by atoms with Crippen molar-refractivity contribution in [1.29, 1.82) is 0 Å². The van der Waals surface area contributed by atoms with E-state index in [9.17, 15) is 9.90 Å². The van der Waals surface area contributed by atoms with E-state index < -0.39 is 0 Å². The van der Waals surface area contributed by atoms with Crippen LogP contribution in [0.3, 0.4) is 0 Å². The van der Waals surface area contributed by atoms with E-state index in [1.165, 1.54) is 0 Å². The second-order valence-corrected chi connectivity index (χ2v) is 6.37. The van der Waals surface area contributed by atoms with E-state index in [0.717, 1.165) is 39.0 Å². The molecule has 2 aliphatic rings. The summed E-state index contributed by atoms with van der Waals surface area (Å²) in [6, 6.07) is 6.43. The molecule has 1 spiro atoms. The third-order valence-corrected chi connectivity index (χ3v) is 4.73. The van der Waals surface area contributed by atoms with Crippen LogP contribution in [-0.2, 0) is 9.47 Å². The van der Waals surface area contributed by atoms with E-state index in [0.29, 0.717) is 18.0 Å². The van der Waals surface area contributed by atoms with Gasteiger partial charge in [-0.05, 0) is 49.4 Å². The topological polar surface area (TPSA) is 59.0 Å². The Bertz CT molecular complexity index is 530. The average Bonchev–Trinajstić information content (AvgIpc) is 3.13. The number of nitrogens with zero attached hydrogens (tertiary/aromatic N) is 1. The van der Waals surface area contributed by atoms with Crippen LogP contribution in [0.4, 0.5) is 0 Å². The third kappa shape index (κ3) is 3.10. The number of methoxy groups -OCH3 is 1. The molecule has 5 nitrogen and oxygen atoms in total. The maximum absolute atomic E-state index is 12.5. The Morgan fingerprint density at radius 3 is 2.95 bits per heavy atom. The van der Waals surface area contributed by atoms with Crippen LogP contribution in [0.5, 0.6) is 5.75 Å². The molecule has 0 aromatic heterocycles. The molecule has 5 heteroatoms. The molecule has 2 aliphatic heterocycles. The minimum Gasteiger partial charge on any atom is -0.508 e. The van der Waals surface area contributed by atoms with Gasteiger partial charge in [0, 0.05) is 25.8 Å². The zero-order valence-electron chi connectivity index (χ0n) is 13.0. The SMILES string of the molecule is COCC[C@@H]1CO[C@]2(CCN(C(=O)c3ccc(O)cc3)C2)C1. The molecule has 1 amide bonds. The lowest BCUT2D eigenvalue weighted by Gasteiger charge is -2.23. The van der Waals surface area contributed by atoms with Crippen LogP contribution in [0.1, 0.15) is 29.6 Å². The summed E-state index contributed by atoms with van der Waals surface area (Å²) in [6.45, 7) is 2.93. The first kappa shape index (κ1) is 15.3. The molecule has 1 aromatic rings. The number of likely N-dealkylation sites (tertiary alicyclic amines) is 1. The summed E-state index contributed by atoms with van der Waals surface area (Å²) in [4.78, 5) is 14.4. The molecular formula is C17H23NO4. The Hall–Kier alpha value is -1.59. The second-order valence-electron chi connectivity index (χ2n) is 6.37. The quantitative estimate of drug-likeness (QED) is 0.925. The molecule has 2 heterocycles. The number of amides is 1. The minimum absolute atomic E-state index is 0.0146. The highest BCUT2D eigenvalue weighted by atomic mass is 16.5. The predicted octanol–water partition coefficient (Wildman–Crippen LogP) is 2.05. The lowest BCUT2D eigenvalue weighted by Crippen LogP contribution is -2.35. The maximum atomic E-state index is 12.5. The molecule has 0 unspecified atom stereocenters. The molecule has 22 heavy (non-hydrogen) atoms. The molecule has 0 saturated carbocycles. The van der Waals surface area contributed by atoms with Crippen molar-refractivity contribution in [3.63, 3.8) is 0 Å². The molecule has 2 fully saturated rings. The highest BCUT2D eigenvalue weighted by molar-refractivity contribution is 5.94. The van der Waals surface area contributed by atoms with Gasteiger partial charge in [0.05, 0.1) is 18.8 Å².